The Morgan fingerprint density at radius 1 is 1.59 bits per heavy atom. The lowest BCUT2D eigenvalue weighted by Gasteiger charge is -2.22. The summed E-state index contributed by atoms with van der Waals surface area (Å²) in [5.41, 5.74) is 0.961. The summed E-state index contributed by atoms with van der Waals surface area (Å²) in [6.45, 7) is 1.29. The highest BCUT2D eigenvalue weighted by Gasteiger charge is 2.21. The van der Waals surface area contributed by atoms with Gasteiger partial charge in [-0.3, -0.25) is 4.57 Å². The predicted molar refractivity (Wildman–Crippen MR) is 62.2 cm³/mol. The van der Waals surface area contributed by atoms with E-state index in [1.54, 1.807) is 4.57 Å². The van der Waals surface area contributed by atoms with Crippen LogP contribution in [0.3, 0.4) is 0 Å². The minimum absolute atomic E-state index is 0.0240. The molecule has 1 aliphatic heterocycles. The Labute approximate surface area is 102 Å². The maximum Gasteiger partial charge on any atom is 0.328 e. The van der Waals surface area contributed by atoms with E-state index < -0.39 is 0 Å². The van der Waals surface area contributed by atoms with Crippen molar-refractivity contribution in [3.8, 4) is 0 Å². The summed E-state index contributed by atoms with van der Waals surface area (Å²) in [4.78, 5) is 22.6. The van der Waals surface area contributed by atoms with Gasteiger partial charge >= 0.3 is 5.69 Å². The van der Waals surface area contributed by atoms with E-state index in [4.69, 9.17) is 16.3 Å². The number of hydrogen-bond donors (Lipinski definition) is 1. The fraction of sp³-hybridized carbons (Fsp3) is 0.500. The minimum Gasteiger partial charge on any atom is -0.379 e. The normalized spacial score (nSPS) is 20.9. The van der Waals surface area contributed by atoms with Gasteiger partial charge in [0.25, 0.3) is 0 Å². The van der Waals surface area contributed by atoms with Crippen LogP contribution in [0.1, 0.15) is 18.9 Å². The second-order valence-corrected chi connectivity index (χ2v) is 4.39. The number of halogens is 1. The van der Waals surface area contributed by atoms with Crippen molar-refractivity contribution >= 4 is 22.8 Å². The molecule has 0 bridgehead atoms. The summed E-state index contributed by atoms with van der Waals surface area (Å²) >= 11 is 5.76. The third-order valence-corrected chi connectivity index (χ3v) is 3.11. The summed E-state index contributed by atoms with van der Waals surface area (Å²) in [5.74, 6) is 0. The lowest BCUT2D eigenvalue weighted by Crippen LogP contribution is -2.29. The zero-order valence-electron chi connectivity index (χ0n) is 9.02. The zero-order chi connectivity index (χ0) is 11.8. The summed E-state index contributed by atoms with van der Waals surface area (Å²) in [7, 11) is 0. The van der Waals surface area contributed by atoms with E-state index in [1.165, 1.54) is 6.20 Å². The number of nitrogens with zero attached hydrogens (tertiary/aromatic N) is 3. The molecule has 0 radical (unpaired) electrons. The number of aromatic amines is 1. The third-order valence-electron chi connectivity index (χ3n) is 2.93. The van der Waals surface area contributed by atoms with Crippen molar-refractivity contribution < 1.29 is 4.74 Å². The first kappa shape index (κ1) is 10.7. The minimum atomic E-state index is -0.188. The van der Waals surface area contributed by atoms with Crippen LogP contribution in [0.25, 0.3) is 11.2 Å². The molecule has 17 heavy (non-hydrogen) atoms. The molecule has 0 aliphatic carbocycles. The van der Waals surface area contributed by atoms with Gasteiger partial charge < -0.3 is 9.72 Å². The maximum atomic E-state index is 11.9. The van der Waals surface area contributed by atoms with Crippen LogP contribution in [0.15, 0.2) is 11.0 Å². The molecule has 1 saturated heterocycles. The Balaban J connectivity index is 2.16. The number of fused-ring (bicyclic) bond motifs is 1. The number of rotatable bonds is 1. The molecule has 3 rings (SSSR count). The number of H-pyrrole nitrogens is 1. The Bertz CT molecular complexity index is 600. The molecule has 1 N–H and O–H groups in total. The Morgan fingerprint density at radius 3 is 3.24 bits per heavy atom. The topological polar surface area (TPSA) is 72.8 Å². The number of nitrogens with one attached hydrogen (secondary N) is 1. The van der Waals surface area contributed by atoms with Gasteiger partial charge in [-0.15, -0.1) is 0 Å². The largest absolute Gasteiger partial charge is 0.379 e. The number of ether oxygens (including phenoxy) is 1. The second kappa shape index (κ2) is 4.12. The monoisotopic (exact) mass is 254 g/mol. The molecule has 0 spiro atoms. The van der Waals surface area contributed by atoms with Crippen molar-refractivity contribution in [2.24, 2.45) is 0 Å². The van der Waals surface area contributed by atoms with Crippen LogP contribution < -0.4 is 5.69 Å². The first-order valence-corrected chi connectivity index (χ1v) is 5.84. The molecule has 90 valence electrons. The van der Waals surface area contributed by atoms with Crippen LogP contribution in [-0.2, 0) is 4.74 Å². The van der Waals surface area contributed by atoms with Crippen LogP contribution in [0.5, 0.6) is 0 Å². The molecule has 3 heterocycles. The van der Waals surface area contributed by atoms with E-state index in [2.05, 4.69) is 15.0 Å². The summed E-state index contributed by atoms with van der Waals surface area (Å²) in [5, 5.41) is 0.141. The van der Waals surface area contributed by atoms with E-state index in [0.29, 0.717) is 17.8 Å². The highest BCUT2D eigenvalue weighted by molar-refractivity contribution is 6.28. The van der Waals surface area contributed by atoms with Crippen molar-refractivity contribution in [1.82, 2.24) is 19.5 Å². The van der Waals surface area contributed by atoms with Crippen molar-refractivity contribution in [2.45, 2.75) is 18.9 Å². The highest BCUT2D eigenvalue weighted by Crippen LogP contribution is 2.21. The van der Waals surface area contributed by atoms with Crippen LogP contribution in [-0.4, -0.2) is 32.7 Å². The van der Waals surface area contributed by atoms with E-state index in [1.807, 2.05) is 0 Å². The van der Waals surface area contributed by atoms with E-state index in [-0.39, 0.29) is 17.0 Å². The average Bonchev–Trinajstić information content (AvgIpc) is 2.65. The third kappa shape index (κ3) is 1.83. The highest BCUT2D eigenvalue weighted by atomic mass is 35.5. The molecule has 1 unspecified atom stereocenters. The van der Waals surface area contributed by atoms with Gasteiger partial charge in [-0.2, -0.15) is 4.98 Å². The SMILES string of the molecule is O=c1[nH]c2cnc(Cl)nc2n1C1CCCOC1. The fourth-order valence-corrected chi connectivity index (χ4v) is 2.29. The van der Waals surface area contributed by atoms with E-state index >= 15 is 0 Å². The molecule has 2 aromatic heterocycles. The first-order valence-electron chi connectivity index (χ1n) is 5.46. The molecule has 7 heteroatoms. The predicted octanol–water partition coefficient (Wildman–Crippen LogP) is 1.12. The van der Waals surface area contributed by atoms with Gasteiger partial charge in [-0.1, -0.05) is 0 Å². The molecule has 1 atom stereocenters. The summed E-state index contributed by atoms with van der Waals surface area (Å²) in [6.07, 6.45) is 3.38. The van der Waals surface area contributed by atoms with Gasteiger partial charge in [0.15, 0.2) is 5.65 Å². The molecule has 2 aromatic rings. The fourth-order valence-electron chi connectivity index (χ4n) is 2.16. The lowest BCUT2D eigenvalue weighted by molar-refractivity contribution is 0.0593. The van der Waals surface area contributed by atoms with Crippen LogP contribution in [0, 0.1) is 0 Å². The molecule has 1 fully saturated rings. The van der Waals surface area contributed by atoms with Crippen LogP contribution >= 0.6 is 11.6 Å². The molecule has 0 saturated carbocycles. The second-order valence-electron chi connectivity index (χ2n) is 4.05. The summed E-state index contributed by atoms with van der Waals surface area (Å²) < 4.78 is 7.00. The molecule has 0 aromatic carbocycles. The lowest BCUT2D eigenvalue weighted by atomic mass is 10.1. The van der Waals surface area contributed by atoms with Crippen molar-refractivity contribution in [3.05, 3.63) is 22.0 Å². The molecular weight excluding hydrogens is 244 g/mol. The quantitative estimate of drug-likeness (QED) is 0.774. The van der Waals surface area contributed by atoms with E-state index in [0.717, 1.165) is 19.4 Å². The number of aromatic nitrogens is 4. The van der Waals surface area contributed by atoms with Crippen molar-refractivity contribution in [3.63, 3.8) is 0 Å². The van der Waals surface area contributed by atoms with Gasteiger partial charge in [0.2, 0.25) is 5.28 Å². The zero-order valence-corrected chi connectivity index (χ0v) is 9.78. The van der Waals surface area contributed by atoms with Crippen molar-refractivity contribution in [2.75, 3.05) is 13.2 Å². The van der Waals surface area contributed by atoms with Gasteiger partial charge in [0.1, 0.15) is 5.52 Å². The maximum absolute atomic E-state index is 11.9. The Kier molecular flexibility index (Phi) is 2.60. The summed E-state index contributed by atoms with van der Waals surface area (Å²) in [6, 6.07) is 0.0240. The van der Waals surface area contributed by atoms with Gasteiger partial charge in [0.05, 0.1) is 18.8 Å². The number of imidazole rings is 1. The van der Waals surface area contributed by atoms with Crippen molar-refractivity contribution in [1.29, 1.82) is 0 Å². The molecule has 0 amide bonds. The van der Waals surface area contributed by atoms with E-state index in [9.17, 15) is 4.79 Å². The standard InChI is InChI=1S/C10H11ClN4O2/c11-9-12-4-7-8(14-9)15(10(16)13-7)6-2-1-3-17-5-6/h4,6H,1-3,5H2,(H,13,16). The molecule has 6 nitrogen and oxygen atoms in total. The van der Waals surface area contributed by atoms with Gasteiger partial charge in [-0.25, -0.2) is 9.78 Å². The van der Waals surface area contributed by atoms with Gasteiger partial charge in [0, 0.05) is 6.61 Å². The smallest absolute Gasteiger partial charge is 0.328 e. The molecule has 1 aliphatic rings. The van der Waals surface area contributed by atoms with Gasteiger partial charge in [-0.05, 0) is 24.4 Å². The Hall–Kier alpha value is -1.40. The first-order chi connectivity index (χ1) is 8.25. The number of hydrogen-bond acceptors (Lipinski definition) is 4. The average molecular weight is 255 g/mol. The van der Waals surface area contributed by atoms with Crippen LogP contribution in [0.2, 0.25) is 5.28 Å². The molecular formula is C10H11ClN4O2. The Morgan fingerprint density at radius 2 is 2.47 bits per heavy atom. The van der Waals surface area contributed by atoms with Crippen LogP contribution in [0.4, 0.5) is 0 Å².